The maximum absolute atomic E-state index is 13.2. The number of sulfone groups is 1. The molecule has 1 N–H and O–H groups in total. The van der Waals surface area contributed by atoms with Gasteiger partial charge in [0.2, 0.25) is 0 Å². The van der Waals surface area contributed by atoms with Crippen LogP contribution >= 0.6 is 0 Å². The third-order valence-corrected chi connectivity index (χ3v) is 5.34. The van der Waals surface area contributed by atoms with Gasteiger partial charge in [-0.05, 0) is 56.0 Å². The molecule has 21 heavy (non-hydrogen) atoms. The first-order valence-electron chi connectivity index (χ1n) is 7.62. The molecule has 0 fully saturated rings. The first kappa shape index (κ1) is 18.1. The highest BCUT2D eigenvalue weighted by atomic mass is 32.2. The van der Waals surface area contributed by atoms with Crippen LogP contribution in [0.1, 0.15) is 32.3 Å². The molecule has 3 nitrogen and oxygen atoms in total. The number of halogens is 1. The molecule has 1 atom stereocenters. The summed E-state index contributed by atoms with van der Waals surface area (Å²) in [6, 6.07) is 6.54. The molecule has 0 aromatic heterocycles. The van der Waals surface area contributed by atoms with E-state index in [-0.39, 0.29) is 23.2 Å². The van der Waals surface area contributed by atoms with Crippen molar-refractivity contribution in [3.8, 4) is 0 Å². The van der Waals surface area contributed by atoms with Gasteiger partial charge in [0.1, 0.15) is 15.7 Å². The van der Waals surface area contributed by atoms with Gasteiger partial charge in [0, 0.05) is 5.75 Å². The number of hydrogen-bond acceptors (Lipinski definition) is 3. The van der Waals surface area contributed by atoms with Crippen molar-refractivity contribution in [3.63, 3.8) is 0 Å². The summed E-state index contributed by atoms with van der Waals surface area (Å²) in [5.74, 6) is 0.430. The Morgan fingerprint density at radius 1 is 1.24 bits per heavy atom. The zero-order valence-corrected chi connectivity index (χ0v) is 13.8. The van der Waals surface area contributed by atoms with Gasteiger partial charge in [0.25, 0.3) is 0 Å². The quantitative estimate of drug-likeness (QED) is 0.722. The van der Waals surface area contributed by atoms with E-state index in [1.807, 2.05) is 19.9 Å². The Morgan fingerprint density at radius 2 is 2.00 bits per heavy atom. The van der Waals surface area contributed by atoms with Gasteiger partial charge in [0.05, 0.1) is 5.75 Å². The van der Waals surface area contributed by atoms with Crippen LogP contribution in [-0.2, 0) is 16.3 Å². The van der Waals surface area contributed by atoms with Crippen molar-refractivity contribution in [2.75, 3.05) is 24.6 Å². The minimum Gasteiger partial charge on any atom is -0.317 e. The minimum absolute atomic E-state index is 0.207. The number of hydrogen-bond donors (Lipinski definition) is 1. The highest BCUT2D eigenvalue weighted by molar-refractivity contribution is 7.91. The van der Waals surface area contributed by atoms with Gasteiger partial charge < -0.3 is 5.32 Å². The first-order chi connectivity index (χ1) is 9.96. The maximum atomic E-state index is 13.2. The lowest BCUT2D eigenvalue weighted by Gasteiger charge is -2.17. The molecule has 120 valence electrons. The molecule has 1 rings (SSSR count). The summed E-state index contributed by atoms with van der Waals surface area (Å²) in [6.45, 7) is 5.50. The normalized spacial score (nSPS) is 13.3. The zero-order valence-electron chi connectivity index (χ0n) is 12.9. The molecular weight excluding hydrogens is 289 g/mol. The van der Waals surface area contributed by atoms with E-state index in [9.17, 15) is 12.8 Å². The number of nitrogens with one attached hydrogen (secondary N) is 1. The summed E-state index contributed by atoms with van der Waals surface area (Å²) in [4.78, 5) is 0. The van der Waals surface area contributed by atoms with E-state index in [0.717, 1.165) is 18.7 Å². The molecule has 0 saturated carbocycles. The average Bonchev–Trinajstić information content (AvgIpc) is 2.42. The molecule has 0 aliphatic rings. The molecule has 0 spiro atoms. The summed E-state index contributed by atoms with van der Waals surface area (Å²) in [7, 11) is -2.95. The van der Waals surface area contributed by atoms with Gasteiger partial charge in [-0.25, -0.2) is 12.8 Å². The third kappa shape index (κ3) is 7.58. The summed E-state index contributed by atoms with van der Waals surface area (Å²) >= 11 is 0. The SMILES string of the molecule is CCCS(=O)(=O)CCC(CNCC)Cc1cccc(F)c1. The van der Waals surface area contributed by atoms with E-state index < -0.39 is 9.84 Å². The van der Waals surface area contributed by atoms with Gasteiger partial charge in [0.15, 0.2) is 0 Å². The van der Waals surface area contributed by atoms with Crippen LogP contribution < -0.4 is 5.32 Å². The lowest BCUT2D eigenvalue weighted by atomic mass is 9.97. The fourth-order valence-electron chi connectivity index (χ4n) is 2.38. The van der Waals surface area contributed by atoms with Gasteiger partial charge >= 0.3 is 0 Å². The molecule has 5 heteroatoms. The fourth-order valence-corrected chi connectivity index (χ4v) is 3.90. The van der Waals surface area contributed by atoms with E-state index >= 15 is 0 Å². The van der Waals surface area contributed by atoms with Crippen LogP contribution in [0.3, 0.4) is 0 Å². The molecule has 0 amide bonds. The zero-order chi connectivity index (χ0) is 15.7. The lowest BCUT2D eigenvalue weighted by Crippen LogP contribution is -2.26. The summed E-state index contributed by atoms with van der Waals surface area (Å²) in [5, 5.41) is 3.26. The predicted molar refractivity (Wildman–Crippen MR) is 85.7 cm³/mol. The van der Waals surface area contributed by atoms with Crippen LogP contribution in [-0.4, -0.2) is 33.0 Å². The van der Waals surface area contributed by atoms with E-state index in [1.54, 1.807) is 6.07 Å². The van der Waals surface area contributed by atoms with Crippen molar-refractivity contribution in [1.82, 2.24) is 5.32 Å². The van der Waals surface area contributed by atoms with E-state index in [0.29, 0.717) is 19.3 Å². The molecule has 0 aliphatic heterocycles. The van der Waals surface area contributed by atoms with E-state index in [4.69, 9.17) is 0 Å². The van der Waals surface area contributed by atoms with Crippen molar-refractivity contribution in [2.24, 2.45) is 5.92 Å². The monoisotopic (exact) mass is 315 g/mol. The second kappa shape index (κ2) is 9.15. The Morgan fingerprint density at radius 3 is 2.62 bits per heavy atom. The largest absolute Gasteiger partial charge is 0.317 e. The van der Waals surface area contributed by atoms with Crippen molar-refractivity contribution in [2.45, 2.75) is 33.1 Å². The number of rotatable bonds is 10. The fraction of sp³-hybridized carbons (Fsp3) is 0.625. The highest BCUT2D eigenvalue weighted by Gasteiger charge is 2.15. The second-order valence-electron chi connectivity index (χ2n) is 5.45. The molecule has 0 saturated heterocycles. The summed E-state index contributed by atoms with van der Waals surface area (Å²) < 4.78 is 36.9. The lowest BCUT2D eigenvalue weighted by molar-refractivity contribution is 0.463. The average molecular weight is 315 g/mol. The maximum Gasteiger partial charge on any atom is 0.150 e. The third-order valence-electron chi connectivity index (χ3n) is 3.45. The molecule has 0 radical (unpaired) electrons. The van der Waals surface area contributed by atoms with Crippen LogP contribution in [0.5, 0.6) is 0 Å². The molecule has 1 aromatic carbocycles. The van der Waals surface area contributed by atoms with Gasteiger partial charge in [-0.1, -0.05) is 26.0 Å². The van der Waals surface area contributed by atoms with Crippen molar-refractivity contribution < 1.29 is 12.8 Å². The van der Waals surface area contributed by atoms with E-state index in [1.165, 1.54) is 12.1 Å². The first-order valence-corrected chi connectivity index (χ1v) is 9.44. The molecular formula is C16H26FNO2S. The standard InChI is InChI=1S/C16H26FNO2S/c1-3-9-21(19,20)10-8-15(13-18-4-2)11-14-6-5-7-16(17)12-14/h5-7,12,15,18H,3-4,8-11,13H2,1-2H3. The Bertz CT molecular complexity index is 517. The van der Waals surface area contributed by atoms with Crippen molar-refractivity contribution in [3.05, 3.63) is 35.6 Å². The molecule has 1 aromatic rings. The molecule has 0 aliphatic carbocycles. The molecule has 1 unspecified atom stereocenters. The van der Waals surface area contributed by atoms with Crippen molar-refractivity contribution >= 4 is 9.84 Å². The minimum atomic E-state index is -2.95. The van der Waals surface area contributed by atoms with Gasteiger partial charge in [-0.2, -0.15) is 0 Å². The molecule has 0 heterocycles. The van der Waals surface area contributed by atoms with E-state index in [2.05, 4.69) is 5.32 Å². The number of benzene rings is 1. The topological polar surface area (TPSA) is 46.2 Å². The summed E-state index contributed by atoms with van der Waals surface area (Å²) in [6.07, 6.45) is 1.97. The van der Waals surface area contributed by atoms with Crippen LogP contribution in [0.15, 0.2) is 24.3 Å². The predicted octanol–water partition coefficient (Wildman–Crippen LogP) is 2.81. The Labute approximate surface area is 127 Å². The Kier molecular flexibility index (Phi) is 7.89. The summed E-state index contributed by atoms with van der Waals surface area (Å²) in [5.41, 5.74) is 0.922. The van der Waals surface area contributed by atoms with Gasteiger partial charge in [-0.3, -0.25) is 0 Å². The Balaban J connectivity index is 2.63. The van der Waals surface area contributed by atoms with Crippen LogP contribution in [0.4, 0.5) is 4.39 Å². The van der Waals surface area contributed by atoms with Gasteiger partial charge in [-0.15, -0.1) is 0 Å². The van der Waals surface area contributed by atoms with Crippen LogP contribution in [0.2, 0.25) is 0 Å². The smallest absolute Gasteiger partial charge is 0.150 e. The highest BCUT2D eigenvalue weighted by Crippen LogP contribution is 2.15. The van der Waals surface area contributed by atoms with Crippen molar-refractivity contribution in [1.29, 1.82) is 0 Å². The Hall–Kier alpha value is -0.940. The second-order valence-corrected chi connectivity index (χ2v) is 7.75. The molecule has 0 bridgehead atoms. The van der Waals surface area contributed by atoms with Crippen LogP contribution in [0.25, 0.3) is 0 Å². The van der Waals surface area contributed by atoms with Crippen LogP contribution in [0, 0.1) is 11.7 Å².